The first-order valence-corrected chi connectivity index (χ1v) is 6.19. The second-order valence-corrected chi connectivity index (χ2v) is 4.41. The Bertz CT molecular complexity index is 333. The quantitative estimate of drug-likeness (QED) is 0.812. The Kier molecular flexibility index (Phi) is 5.95. The Labute approximate surface area is 104 Å². The summed E-state index contributed by atoms with van der Waals surface area (Å²) in [4.78, 5) is 0. The van der Waals surface area contributed by atoms with E-state index in [1.165, 1.54) is 0 Å². The van der Waals surface area contributed by atoms with E-state index in [9.17, 15) is 4.39 Å². The Morgan fingerprint density at radius 1 is 1.50 bits per heavy atom. The number of nitrogens with one attached hydrogen (secondary N) is 1. The Morgan fingerprint density at radius 2 is 2.25 bits per heavy atom. The van der Waals surface area contributed by atoms with Crippen LogP contribution in [0.2, 0.25) is 0 Å². The molecule has 0 spiro atoms. The molecule has 4 heteroatoms. The van der Waals surface area contributed by atoms with Crippen molar-refractivity contribution in [3.05, 3.63) is 34.1 Å². The van der Waals surface area contributed by atoms with Gasteiger partial charge < -0.3 is 10.1 Å². The number of hydrogen-bond donors (Lipinski definition) is 1. The van der Waals surface area contributed by atoms with E-state index in [0.29, 0.717) is 23.2 Å². The predicted octanol–water partition coefficient (Wildman–Crippen LogP) is 3.28. The third-order valence-corrected chi connectivity index (χ3v) is 2.95. The van der Waals surface area contributed by atoms with Crippen LogP contribution in [0.4, 0.5) is 4.39 Å². The molecule has 0 aliphatic rings. The summed E-state index contributed by atoms with van der Waals surface area (Å²) >= 11 is 3.18. The summed E-state index contributed by atoms with van der Waals surface area (Å²) in [5.74, 6) is -0.220. The van der Waals surface area contributed by atoms with Gasteiger partial charge in [-0.25, -0.2) is 4.39 Å². The smallest absolute Gasteiger partial charge is 0.142 e. The van der Waals surface area contributed by atoms with Crippen molar-refractivity contribution in [3.8, 4) is 0 Å². The molecule has 1 unspecified atom stereocenters. The number of rotatable bonds is 6. The molecule has 0 aliphatic carbocycles. The minimum Gasteiger partial charge on any atom is -0.379 e. The fourth-order valence-electron chi connectivity index (χ4n) is 1.46. The molecule has 0 radical (unpaired) electrons. The third kappa shape index (κ3) is 3.54. The van der Waals surface area contributed by atoms with Crippen molar-refractivity contribution in [2.24, 2.45) is 0 Å². The van der Waals surface area contributed by atoms with Crippen LogP contribution in [0.15, 0.2) is 22.7 Å². The van der Waals surface area contributed by atoms with Crippen molar-refractivity contribution in [2.45, 2.75) is 19.4 Å². The molecule has 0 heterocycles. The molecule has 0 saturated carbocycles. The molecule has 1 aromatic rings. The van der Waals surface area contributed by atoms with E-state index >= 15 is 0 Å². The van der Waals surface area contributed by atoms with Gasteiger partial charge in [0.1, 0.15) is 5.82 Å². The lowest BCUT2D eigenvalue weighted by Gasteiger charge is -2.17. The Balaban J connectivity index is 2.74. The molecule has 0 fully saturated rings. The maximum Gasteiger partial charge on any atom is 0.142 e. The maximum atomic E-state index is 13.8. The molecule has 90 valence electrons. The average molecular weight is 290 g/mol. The molecule has 16 heavy (non-hydrogen) atoms. The van der Waals surface area contributed by atoms with E-state index < -0.39 is 0 Å². The second-order valence-electron chi connectivity index (χ2n) is 3.56. The molecule has 1 atom stereocenters. The first-order chi connectivity index (χ1) is 7.70. The summed E-state index contributed by atoms with van der Waals surface area (Å²) in [5, 5.41) is 3.06. The normalized spacial score (nSPS) is 12.8. The third-order valence-electron chi connectivity index (χ3n) is 2.34. The van der Waals surface area contributed by atoms with Gasteiger partial charge >= 0.3 is 0 Å². The number of ether oxygens (including phenoxy) is 1. The highest BCUT2D eigenvalue weighted by molar-refractivity contribution is 9.10. The summed E-state index contributed by atoms with van der Waals surface area (Å²) in [6.45, 7) is 3.24. The zero-order valence-electron chi connectivity index (χ0n) is 9.59. The zero-order chi connectivity index (χ0) is 12.0. The van der Waals surface area contributed by atoms with E-state index in [2.05, 4.69) is 21.2 Å². The van der Waals surface area contributed by atoms with Crippen molar-refractivity contribution < 1.29 is 9.13 Å². The molecule has 0 amide bonds. The van der Waals surface area contributed by atoms with Crippen LogP contribution in [0.5, 0.6) is 0 Å². The summed E-state index contributed by atoms with van der Waals surface area (Å²) in [6, 6.07) is 5.19. The van der Waals surface area contributed by atoms with Crippen LogP contribution in [0, 0.1) is 5.82 Å². The van der Waals surface area contributed by atoms with E-state index in [1.54, 1.807) is 19.2 Å². The summed E-state index contributed by atoms with van der Waals surface area (Å²) in [5.41, 5.74) is 0.632. The van der Waals surface area contributed by atoms with Crippen molar-refractivity contribution in [2.75, 3.05) is 20.3 Å². The molecule has 2 nitrogen and oxygen atoms in total. The van der Waals surface area contributed by atoms with E-state index in [1.807, 2.05) is 13.0 Å². The van der Waals surface area contributed by atoms with Crippen LogP contribution in [-0.4, -0.2) is 20.3 Å². The molecular weight excluding hydrogens is 273 g/mol. The van der Waals surface area contributed by atoms with Crippen molar-refractivity contribution in [1.29, 1.82) is 0 Å². The molecular formula is C12H17BrFNO. The number of likely N-dealkylation sites (N-methyl/N-ethyl adjacent to an activating group) is 1. The van der Waals surface area contributed by atoms with Gasteiger partial charge in [-0.1, -0.05) is 19.1 Å². The van der Waals surface area contributed by atoms with Crippen LogP contribution in [0.1, 0.15) is 24.9 Å². The number of hydrogen-bond acceptors (Lipinski definition) is 2. The first-order valence-electron chi connectivity index (χ1n) is 5.39. The Hall–Kier alpha value is -0.450. The molecule has 0 bridgehead atoms. The van der Waals surface area contributed by atoms with Crippen LogP contribution in [-0.2, 0) is 4.74 Å². The maximum absolute atomic E-state index is 13.8. The van der Waals surface area contributed by atoms with Crippen molar-refractivity contribution in [1.82, 2.24) is 5.32 Å². The van der Waals surface area contributed by atoms with Crippen molar-refractivity contribution >= 4 is 15.9 Å². The molecule has 0 saturated heterocycles. The van der Waals surface area contributed by atoms with Crippen LogP contribution >= 0.6 is 15.9 Å². The van der Waals surface area contributed by atoms with Gasteiger partial charge in [0.15, 0.2) is 0 Å². The highest BCUT2D eigenvalue weighted by Crippen LogP contribution is 2.23. The fourth-order valence-corrected chi connectivity index (χ4v) is 1.85. The van der Waals surface area contributed by atoms with Gasteiger partial charge in [0.25, 0.3) is 0 Å². The van der Waals surface area contributed by atoms with Gasteiger partial charge in [-0.05, 0) is 35.5 Å². The zero-order valence-corrected chi connectivity index (χ0v) is 11.2. The van der Waals surface area contributed by atoms with Crippen molar-refractivity contribution in [3.63, 3.8) is 0 Å². The highest BCUT2D eigenvalue weighted by Gasteiger charge is 2.15. The second kappa shape index (κ2) is 6.99. The highest BCUT2D eigenvalue weighted by atomic mass is 79.9. The van der Waals surface area contributed by atoms with Gasteiger partial charge in [0.2, 0.25) is 0 Å². The van der Waals surface area contributed by atoms with Crippen LogP contribution in [0.3, 0.4) is 0 Å². The standard InChI is InChI=1S/C12H17BrFNO/c1-3-7-16-8-11(15-2)9-5-4-6-10(13)12(9)14/h4-6,11,15H,3,7-8H2,1-2H3. The van der Waals surface area contributed by atoms with Crippen LogP contribution in [0.25, 0.3) is 0 Å². The van der Waals surface area contributed by atoms with Gasteiger partial charge in [-0.2, -0.15) is 0 Å². The largest absolute Gasteiger partial charge is 0.379 e. The molecule has 0 aliphatic heterocycles. The van der Waals surface area contributed by atoms with E-state index in [-0.39, 0.29) is 11.9 Å². The van der Waals surface area contributed by atoms with E-state index in [4.69, 9.17) is 4.74 Å². The minimum absolute atomic E-state index is 0.107. The fraction of sp³-hybridized carbons (Fsp3) is 0.500. The Morgan fingerprint density at radius 3 is 2.88 bits per heavy atom. The lowest BCUT2D eigenvalue weighted by atomic mass is 10.1. The topological polar surface area (TPSA) is 21.3 Å². The number of benzene rings is 1. The van der Waals surface area contributed by atoms with Gasteiger partial charge in [0.05, 0.1) is 17.1 Å². The molecule has 0 aromatic heterocycles. The molecule has 1 rings (SSSR count). The van der Waals surface area contributed by atoms with Crippen LogP contribution < -0.4 is 5.32 Å². The summed E-state index contributed by atoms with van der Waals surface area (Å²) in [6.07, 6.45) is 0.970. The number of halogens is 2. The monoisotopic (exact) mass is 289 g/mol. The average Bonchev–Trinajstić information content (AvgIpc) is 2.29. The summed E-state index contributed by atoms with van der Waals surface area (Å²) < 4.78 is 19.7. The first kappa shape index (κ1) is 13.6. The summed E-state index contributed by atoms with van der Waals surface area (Å²) in [7, 11) is 1.81. The van der Waals surface area contributed by atoms with E-state index in [0.717, 1.165) is 6.42 Å². The minimum atomic E-state index is -0.220. The molecule has 1 aromatic carbocycles. The SMILES string of the molecule is CCCOCC(NC)c1cccc(Br)c1F. The lowest BCUT2D eigenvalue weighted by molar-refractivity contribution is 0.113. The van der Waals surface area contributed by atoms with Gasteiger partial charge in [-0.15, -0.1) is 0 Å². The molecule has 1 N–H and O–H groups in total. The predicted molar refractivity (Wildman–Crippen MR) is 67.0 cm³/mol. The lowest BCUT2D eigenvalue weighted by Crippen LogP contribution is -2.23. The van der Waals surface area contributed by atoms with Gasteiger partial charge in [0, 0.05) is 12.2 Å². The van der Waals surface area contributed by atoms with Gasteiger partial charge in [-0.3, -0.25) is 0 Å².